The maximum absolute atomic E-state index is 13.3. The Morgan fingerprint density at radius 1 is 1.00 bits per heavy atom. The van der Waals surface area contributed by atoms with Gasteiger partial charge in [-0.1, -0.05) is 38.1 Å². The summed E-state index contributed by atoms with van der Waals surface area (Å²) in [6, 6.07) is 5.63. The summed E-state index contributed by atoms with van der Waals surface area (Å²) in [6.07, 6.45) is -9.85. The fourth-order valence-corrected chi connectivity index (χ4v) is 2.00. The summed E-state index contributed by atoms with van der Waals surface area (Å²) in [7, 11) is 0. The summed E-state index contributed by atoms with van der Waals surface area (Å²) in [5.41, 5.74) is 0.551. The summed E-state index contributed by atoms with van der Waals surface area (Å²) in [4.78, 5) is 0. The predicted molar refractivity (Wildman–Crippen MR) is 70.7 cm³/mol. The molecular formula is C15H17F7O. The van der Waals surface area contributed by atoms with Gasteiger partial charge >= 0.3 is 18.0 Å². The average molecular weight is 346 g/mol. The third kappa shape index (κ3) is 4.16. The van der Waals surface area contributed by atoms with Crippen LogP contribution in [-0.4, -0.2) is 23.1 Å². The molecule has 2 atom stereocenters. The second kappa shape index (κ2) is 6.67. The molecule has 1 nitrogen and oxygen atoms in total. The molecule has 8 heteroatoms. The van der Waals surface area contributed by atoms with E-state index >= 15 is 0 Å². The van der Waals surface area contributed by atoms with Gasteiger partial charge in [0.25, 0.3) is 0 Å². The molecule has 0 saturated carbocycles. The molecule has 1 aromatic carbocycles. The Bertz CT molecular complexity index is 525. The third-order valence-electron chi connectivity index (χ3n) is 3.74. The van der Waals surface area contributed by atoms with Crippen LogP contribution in [0, 0.1) is 0 Å². The monoisotopic (exact) mass is 346 g/mol. The Morgan fingerprint density at radius 3 is 2.00 bits per heavy atom. The Kier molecular flexibility index (Phi) is 5.72. The molecule has 1 N–H and O–H groups in total. The van der Waals surface area contributed by atoms with Crippen molar-refractivity contribution in [2.75, 3.05) is 0 Å². The van der Waals surface area contributed by atoms with Crippen LogP contribution < -0.4 is 0 Å². The lowest BCUT2D eigenvalue weighted by Crippen LogP contribution is -2.52. The Hall–Kier alpha value is -1.31. The smallest absolute Gasteiger partial charge is 0.388 e. The minimum Gasteiger partial charge on any atom is -0.388 e. The van der Waals surface area contributed by atoms with E-state index in [1.807, 2.05) is 13.8 Å². The number of rotatable bonds is 6. The van der Waals surface area contributed by atoms with Crippen LogP contribution in [0.2, 0.25) is 0 Å². The van der Waals surface area contributed by atoms with Crippen LogP contribution in [0.3, 0.4) is 0 Å². The maximum Gasteiger partial charge on any atom is 0.459 e. The molecule has 132 valence electrons. The van der Waals surface area contributed by atoms with Crippen molar-refractivity contribution in [3.8, 4) is 0 Å². The van der Waals surface area contributed by atoms with Crippen molar-refractivity contribution in [3.63, 3.8) is 0 Å². The van der Waals surface area contributed by atoms with Gasteiger partial charge in [-0.3, -0.25) is 0 Å². The van der Waals surface area contributed by atoms with E-state index in [0.717, 1.165) is 0 Å². The fourth-order valence-electron chi connectivity index (χ4n) is 2.00. The van der Waals surface area contributed by atoms with E-state index in [-0.39, 0.29) is 11.5 Å². The maximum atomic E-state index is 13.3. The van der Waals surface area contributed by atoms with Crippen LogP contribution in [0.5, 0.6) is 0 Å². The van der Waals surface area contributed by atoms with Crippen LogP contribution in [0.1, 0.15) is 49.8 Å². The topological polar surface area (TPSA) is 20.2 Å². The van der Waals surface area contributed by atoms with E-state index in [1.54, 1.807) is 6.07 Å². The molecule has 0 amide bonds. The molecule has 0 aliphatic carbocycles. The summed E-state index contributed by atoms with van der Waals surface area (Å²) in [5, 5.41) is 9.68. The van der Waals surface area contributed by atoms with Gasteiger partial charge in [-0.05, 0) is 23.5 Å². The zero-order valence-corrected chi connectivity index (χ0v) is 12.5. The van der Waals surface area contributed by atoms with Gasteiger partial charge in [-0.2, -0.15) is 30.7 Å². The summed E-state index contributed by atoms with van der Waals surface area (Å²) < 4.78 is 88.6. The molecule has 23 heavy (non-hydrogen) atoms. The normalized spacial score (nSPS) is 16.3. The Morgan fingerprint density at radius 2 is 1.52 bits per heavy atom. The van der Waals surface area contributed by atoms with Crippen LogP contribution >= 0.6 is 0 Å². The van der Waals surface area contributed by atoms with Crippen molar-refractivity contribution in [1.29, 1.82) is 0 Å². The number of hydrogen-bond acceptors (Lipinski definition) is 1. The van der Waals surface area contributed by atoms with E-state index < -0.39 is 30.5 Å². The van der Waals surface area contributed by atoms with Gasteiger partial charge in [-0.15, -0.1) is 0 Å². The van der Waals surface area contributed by atoms with Crippen LogP contribution in [0.25, 0.3) is 0 Å². The summed E-state index contributed by atoms with van der Waals surface area (Å²) >= 11 is 0. The molecule has 0 bridgehead atoms. The molecular weight excluding hydrogens is 329 g/mol. The van der Waals surface area contributed by atoms with Gasteiger partial charge < -0.3 is 5.11 Å². The van der Waals surface area contributed by atoms with E-state index in [4.69, 9.17) is 0 Å². The van der Waals surface area contributed by atoms with E-state index in [1.165, 1.54) is 18.2 Å². The van der Waals surface area contributed by atoms with Crippen molar-refractivity contribution < 1.29 is 35.8 Å². The number of aliphatic hydroxyl groups excluding tert-OH is 1. The Labute approximate surface area is 129 Å². The first-order chi connectivity index (χ1) is 10.3. The summed E-state index contributed by atoms with van der Waals surface area (Å²) in [5.74, 6) is -11.6. The molecule has 0 heterocycles. The minimum absolute atomic E-state index is 0.0271. The zero-order chi connectivity index (χ0) is 18.1. The number of alkyl halides is 7. The number of aliphatic hydroxyl groups is 1. The molecule has 1 rings (SSSR count). The first-order valence-electron chi connectivity index (χ1n) is 6.93. The highest BCUT2D eigenvalue weighted by molar-refractivity contribution is 5.27. The first kappa shape index (κ1) is 19.7. The van der Waals surface area contributed by atoms with Gasteiger partial charge in [-0.25, -0.2) is 0 Å². The second-order valence-electron chi connectivity index (χ2n) is 5.48. The lowest BCUT2D eigenvalue weighted by atomic mass is 9.93. The molecule has 2 unspecified atom stereocenters. The highest BCUT2D eigenvalue weighted by Gasteiger charge is 2.72. The highest BCUT2D eigenvalue weighted by Crippen LogP contribution is 2.49. The molecule has 0 aromatic heterocycles. The molecule has 0 fully saturated rings. The van der Waals surface area contributed by atoms with Crippen LogP contribution in [0.15, 0.2) is 24.3 Å². The van der Waals surface area contributed by atoms with E-state index in [2.05, 4.69) is 0 Å². The van der Waals surface area contributed by atoms with E-state index in [0.29, 0.717) is 12.0 Å². The molecule has 0 spiro atoms. The first-order valence-corrected chi connectivity index (χ1v) is 6.93. The van der Waals surface area contributed by atoms with Crippen molar-refractivity contribution in [3.05, 3.63) is 35.4 Å². The SMILES string of the molecule is CCC(C)c1cccc(C(O)CC(F)(F)C(F)(F)C(F)(F)F)c1. The molecule has 1 aromatic rings. The number of hydrogen-bond donors (Lipinski definition) is 1. The molecule has 0 saturated heterocycles. The van der Waals surface area contributed by atoms with Gasteiger partial charge in [0, 0.05) is 6.42 Å². The van der Waals surface area contributed by atoms with Crippen molar-refractivity contribution in [1.82, 2.24) is 0 Å². The second-order valence-corrected chi connectivity index (χ2v) is 5.48. The highest BCUT2D eigenvalue weighted by atomic mass is 19.4. The standard InChI is InChI=1S/C15H17F7O/c1-3-9(2)10-5-4-6-11(7-10)12(23)8-13(16,17)14(18,19)15(20,21)22/h4-7,9,12,23H,3,8H2,1-2H3. The molecule has 0 radical (unpaired) electrons. The van der Waals surface area contributed by atoms with Crippen LogP contribution in [0.4, 0.5) is 30.7 Å². The summed E-state index contributed by atoms with van der Waals surface area (Å²) in [6.45, 7) is 3.70. The third-order valence-corrected chi connectivity index (χ3v) is 3.74. The quantitative estimate of drug-likeness (QED) is 0.679. The van der Waals surface area contributed by atoms with Gasteiger partial charge in [0.15, 0.2) is 0 Å². The lowest BCUT2D eigenvalue weighted by molar-refractivity contribution is -0.358. The number of halogens is 7. The largest absolute Gasteiger partial charge is 0.459 e. The van der Waals surface area contributed by atoms with Crippen molar-refractivity contribution in [2.45, 2.75) is 56.7 Å². The number of benzene rings is 1. The zero-order valence-electron chi connectivity index (χ0n) is 12.5. The van der Waals surface area contributed by atoms with Gasteiger partial charge in [0.2, 0.25) is 0 Å². The average Bonchev–Trinajstić information content (AvgIpc) is 2.44. The van der Waals surface area contributed by atoms with Crippen molar-refractivity contribution in [2.24, 2.45) is 0 Å². The lowest BCUT2D eigenvalue weighted by Gasteiger charge is -2.29. The molecule has 0 aliphatic heterocycles. The fraction of sp³-hybridized carbons (Fsp3) is 0.600. The van der Waals surface area contributed by atoms with Crippen molar-refractivity contribution >= 4 is 0 Å². The molecule has 0 aliphatic rings. The minimum atomic E-state index is -6.39. The Balaban J connectivity index is 3.01. The van der Waals surface area contributed by atoms with Crippen LogP contribution in [-0.2, 0) is 0 Å². The van der Waals surface area contributed by atoms with Gasteiger partial charge in [0.1, 0.15) is 0 Å². The van der Waals surface area contributed by atoms with E-state index in [9.17, 15) is 35.8 Å². The predicted octanol–water partition coefficient (Wildman–Crippen LogP) is 5.46. The van der Waals surface area contributed by atoms with Gasteiger partial charge in [0.05, 0.1) is 6.10 Å².